The highest BCUT2D eigenvalue weighted by Crippen LogP contribution is 2.24. The van der Waals surface area contributed by atoms with Gasteiger partial charge in [-0.15, -0.1) is 10.2 Å². The van der Waals surface area contributed by atoms with Crippen LogP contribution in [0, 0.1) is 10.8 Å². The fraction of sp³-hybridized carbons (Fsp3) is 0.214. The Morgan fingerprint density at radius 3 is 2.38 bits per heavy atom. The van der Waals surface area contributed by atoms with Gasteiger partial charge in [-0.05, 0) is 47.7 Å². The van der Waals surface area contributed by atoms with Crippen molar-refractivity contribution < 1.29 is 9.15 Å². The van der Waals surface area contributed by atoms with Gasteiger partial charge in [0, 0.05) is 22.3 Å². The minimum absolute atomic E-state index is 0.0257. The lowest BCUT2D eigenvalue weighted by Gasteiger charge is -2.19. The summed E-state index contributed by atoms with van der Waals surface area (Å²) in [5, 5.41) is 24.9. The van der Waals surface area contributed by atoms with Crippen LogP contribution >= 0.6 is 0 Å². The second kappa shape index (κ2) is 10.7. The Kier molecular flexibility index (Phi) is 7.74. The molecule has 0 aliphatic carbocycles. The van der Waals surface area contributed by atoms with Gasteiger partial charge in [0.25, 0.3) is 0 Å². The molecular formula is C28H30N4O2. The van der Waals surface area contributed by atoms with E-state index in [4.69, 9.17) is 20.0 Å². The van der Waals surface area contributed by atoms with E-state index in [2.05, 4.69) is 37.5 Å². The third-order valence-corrected chi connectivity index (χ3v) is 5.09. The van der Waals surface area contributed by atoms with E-state index in [0.717, 1.165) is 12.0 Å². The topological polar surface area (TPSA) is 95.9 Å². The molecule has 6 nitrogen and oxygen atoms in total. The number of rotatable bonds is 7. The first-order valence-electron chi connectivity index (χ1n) is 11.1. The normalized spacial score (nSPS) is 12.1. The van der Waals surface area contributed by atoms with E-state index >= 15 is 0 Å². The highest BCUT2D eigenvalue weighted by molar-refractivity contribution is 6.05. The Morgan fingerprint density at radius 1 is 1.03 bits per heavy atom. The van der Waals surface area contributed by atoms with E-state index < -0.39 is 0 Å². The first kappa shape index (κ1) is 24.6. The van der Waals surface area contributed by atoms with Crippen molar-refractivity contribution in [3.05, 3.63) is 102 Å². The molecule has 0 saturated carbocycles. The molecule has 174 valence electrons. The Bertz CT molecular complexity index is 1240. The average molecular weight is 455 g/mol. The number of hydrogen-bond donors (Lipinski definition) is 2. The highest BCUT2D eigenvalue weighted by Gasteiger charge is 2.16. The van der Waals surface area contributed by atoms with Gasteiger partial charge in [-0.1, -0.05) is 76.8 Å². The van der Waals surface area contributed by atoms with Crippen LogP contribution in [0.15, 0.2) is 83.8 Å². The van der Waals surface area contributed by atoms with Gasteiger partial charge in [-0.25, -0.2) is 0 Å². The van der Waals surface area contributed by atoms with E-state index in [-0.39, 0.29) is 17.2 Å². The fourth-order valence-corrected chi connectivity index (χ4v) is 3.16. The monoisotopic (exact) mass is 454 g/mol. The molecule has 6 heteroatoms. The molecule has 0 radical (unpaired) electrons. The van der Waals surface area contributed by atoms with Gasteiger partial charge in [0.1, 0.15) is 0 Å². The second-order valence-corrected chi connectivity index (χ2v) is 8.75. The minimum Gasteiger partial charge on any atom is -0.421 e. The molecule has 1 aromatic heterocycles. The summed E-state index contributed by atoms with van der Waals surface area (Å²) in [7, 11) is 0. The molecule has 2 aromatic carbocycles. The summed E-state index contributed by atoms with van der Waals surface area (Å²) >= 11 is 0. The van der Waals surface area contributed by atoms with E-state index in [1.165, 1.54) is 5.56 Å². The molecule has 0 saturated heterocycles. The van der Waals surface area contributed by atoms with Crippen LogP contribution in [0.2, 0.25) is 0 Å². The maximum absolute atomic E-state index is 8.36. The van der Waals surface area contributed by atoms with Gasteiger partial charge < -0.3 is 9.15 Å². The molecule has 2 N–H and O–H groups in total. The predicted octanol–water partition coefficient (Wildman–Crippen LogP) is 6.94. The lowest BCUT2D eigenvalue weighted by atomic mass is 9.87. The van der Waals surface area contributed by atoms with Gasteiger partial charge in [0.05, 0.1) is 0 Å². The third kappa shape index (κ3) is 6.04. The van der Waals surface area contributed by atoms with Gasteiger partial charge in [-0.3, -0.25) is 10.8 Å². The summed E-state index contributed by atoms with van der Waals surface area (Å²) in [5.74, 6) is 0.497. The number of ether oxygens (including phenoxy) is 1. The van der Waals surface area contributed by atoms with Crippen molar-refractivity contribution in [3.8, 4) is 11.5 Å². The number of hydrogen-bond acceptors (Lipinski definition) is 6. The van der Waals surface area contributed by atoms with Crippen molar-refractivity contribution in [2.45, 2.75) is 39.5 Å². The van der Waals surface area contributed by atoms with Crippen LogP contribution in [-0.2, 0) is 10.2 Å². The van der Waals surface area contributed by atoms with Crippen LogP contribution in [0.4, 0.5) is 0 Å². The molecule has 0 atom stereocenters. The molecule has 1 heterocycles. The summed E-state index contributed by atoms with van der Waals surface area (Å²) in [6.45, 7) is 12.2. The minimum atomic E-state index is -0.135. The van der Waals surface area contributed by atoms with Crippen LogP contribution in [0.5, 0.6) is 0 Å². The van der Waals surface area contributed by atoms with Crippen molar-refractivity contribution >= 4 is 17.4 Å². The summed E-state index contributed by atoms with van der Waals surface area (Å²) < 4.78 is 11.4. The maximum Gasteiger partial charge on any atom is 0.248 e. The molecule has 0 aliphatic heterocycles. The van der Waals surface area contributed by atoms with Gasteiger partial charge in [0.2, 0.25) is 23.6 Å². The lowest BCUT2D eigenvalue weighted by molar-refractivity contribution is 0.537. The second-order valence-electron chi connectivity index (χ2n) is 8.75. The van der Waals surface area contributed by atoms with Crippen LogP contribution in [0.3, 0.4) is 0 Å². The summed E-state index contributed by atoms with van der Waals surface area (Å²) in [4.78, 5) is 0. The molecule has 0 bridgehead atoms. The van der Waals surface area contributed by atoms with E-state index in [1.54, 1.807) is 24.3 Å². The highest BCUT2D eigenvalue weighted by atomic mass is 16.5. The first-order valence-corrected chi connectivity index (χ1v) is 11.1. The van der Waals surface area contributed by atoms with Crippen LogP contribution in [0.25, 0.3) is 17.0 Å². The number of nitrogens with zero attached hydrogens (tertiary/aromatic N) is 2. The lowest BCUT2D eigenvalue weighted by Crippen LogP contribution is -2.14. The quantitative estimate of drug-likeness (QED) is 0.230. The Labute approximate surface area is 200 Å². The standard InChI is InChI=1S/C28H30N4O2/c1-6-8-11-20(10-7-2)26-31-32-27(34-26)22-13-9-12-21(18-22)25(30)33-24(29)19-14-16-23(17-15-19)28(3,4)5/h7-18,29-30H,2,6H2,1,3-5H3/b11-8-,20-10+,29-24?,30-25?. The van der Waals surface area contributed by atoms with Crippen LogP contribution in [0.1, 0.15) is 56.7 Å². The Hall–Kier alpha value is -4.06. The SMILES string of the molecule is C=C/C=C(\C=C/CC)c1nnc(-c2cccc(C(=N)OC(=N)c3ccc(C(C)(C)C)cc3)c2)o1. The molecule has 0 spiro atoms. The van der Waals surface area contributed by atoms with E-state index in [9.17, 15) is 0 Å². The van der Waals surface area contributed by atoms with Gasteiger partial charge >= 0.3 is 0 Å². The Morgan fingerprint density at radius 2 is 1.74 bits per heavy atom. The smallest absolute Gasteiger partial charge is 0.248 e. The zero-order valence-corrected chi connectivity index (χ0v) is 20.1. The molecule has 0 aliphatic rings. The van der Waals surface area contributed by atoms with Crippen molar-refractivity contribution in [2.75, 3.05) is 0 Å². The van der Waals surface area contributed by atoms with Crippen LogP contribution < -0.4 is 0 Å². The molecule has 3 aromatic rings. The fourth-order valence-electron chi connectivity index (χ4n) is 3.16. The van der Waals surface area contributed by atoms with Crippen molar-refractivity contribution in [3.63, 3.8) is 0 Å². The van der Waals surface area contributed by atoms with Crippen molar-refractivity contribution in [1.82, 2.24) is 10.2 Å². The average Bonchev–Trinajstić information content (AvgIpc) is 3.31. The summed E-state index contributed by atoms with van der Waals surface area (Å²) in [6.07, 6.45) is 8.28. The number of aromatic nitrogens is 2. The molecule has 0 unspecified atom stereocenters. The van der Waals surface area contributed by atoms with Gasteiger partial charge in [0.15, 0.2) is 0 Å². The number of allylic oxidation sites excluding steroid dienone is 5. The zero-order valence-electron chi connectivity index (χ0n) is 20.1. The van der Waals surface area contributed by atoms with Gasteiger partial charge in [-0.2, -0.15) is 0 Å². The van der Waals surface area contributed by atoms with E-state index in [0.29, 0.717) is 28.5 Å². The molecule has 0 amide bonds. The third-order valence-electron chi connectivity index (χ3n) is 5.09. The predicted molar refractivity (Wildman–Crippen MR) is 137 cm³/mol. The number of benzene rings is 2. The first-order chi connectivity index (χ1) is 16.2. The number of nitrogens with one attached hydrogen (secondary N) is 2. The van der Waals surface area contributed by atoms with Crippen LogP contribution in [-0.4, -0.2) is 22.0 Å². The van der Waals surface area contributed by atoms with Crippen molar-refractivity contribution in [2.24, 2.45) is 0 Å². The summed E-state index contributed by atoms with van der Waals surface area (Å²) in [5.41, 5.74) is 3.73. The molecular weight excluding hydrogens is 424 g/mol. The maximum atomic E-state index is 8.36. The molecule has 0 fully saturated rings. The molecule has 3 rings (SSSR count). The largest absolute Gasteiger partial charge is 0.421 e. The zero-order chi connectivity index (χ0) is 24.7. The van der Waals surface area contributed by atoms with Crippen molar-refractivity contribution in [1.29, 1.82) is 10.8 Å². The summed E-state index contributed by atoms with van der Waals surface area (Å²) in [6, 6.07) is 14.7. The molecule has 34 heavy (non-hydrogen) atoms. The van der Waals surface area contributed by atoms with E-state index in [1.807, 2.05) is 55.5 Å². The Balaban J connectivity index is 1.76.